The van der Waals surface area contributed by atoms with E-state index < -0.39 is 0 Å². The van der Waals surface area contributed by atoms with Crippen LogP contribution in [0.25, 0.3) is 6.08 Å². The van der Waals surface area contributed by atoms with Gasteiger partial charge in [-0.25, -0.2) is 0 Å². The largest absolute Gasteiger partial charge is 0.465 e. The second-order valence-corrected chi connectivity index (χ2v) is 3.96. The molecule has 0 aromatic carbocycles. The highest BCUT2D eigenvalue weighted by molar-refractivity contribution is 8.14. The van der Waals surface area contributed by atoms with Crippen LogP contribution in [0, 0.1) is 0 Å². The van der Waals surface area contributed by atoms with Gasteiger partial charge in [0, 0.05) is 11.8 Å². The van der Waals surface area contributed by atoms with E-state index in [1.807, 2.05) is 0 Å². The lowest BCUT2D eigenvalue weighted by Gasteiger charge is -1.97. The summed E-state index contributed by atoms with van der Waals surface area (Å²) in [4.78, 5) is 15.5. The van der Waals surface area contributed by atoms with Gasteiger partial charge in [-0.3, -0.25) is 9.79 Å². The number of nitrogens with one attached hydrogen (secondary N) is 1. The molecule has 0 saturated carbocycles. The Morgan fingerprint density at radius 1 is 1.67 bits per heavy atom. The number of furan rings is 1. The van der Waals surface area contributed by atoms with Gasteiger partial charge in [0.1, 0.15) is 5.76 Å². The Morgan fingerprint density at radius 2 is 2.60 bits per heavy atom. The molecule has 1 aromatic heterocycles. The van der Waals surface area contributed by atoms with Gasteiger partial charge in [0.15, 0.2) is 5.17 Å². The molecule has 4 nitrogen and oxygen atoms in total. The molecular formula is C10H10N2O2S. The van der Waals surface area contributed by atoms with Crippen LogP contribution < -0.4 is 5.32 Å². The predicted molar refractivity (Wildman–Crippen MR) is 60.6 cm³/mol. The van der Waals surface area contributed by atoms with Crippen LogP contribution in [0.2, 0.25) is 0 Å². The fourth-order valence-electron chi connectivity index (χ4n) is 1.10. The second-order valence-electron chi connectivity index (χ2n) is 2.87. The number of amidine groups is 1. The molecule has 1 amide bonds. The molecule has 0 spiro atoms. The summed E-state index contributed by atoms with van der Waals surface area (Å²) in [6.07, 6.45) is 4.62. The van der Waals surface area contributed by atoms with Crippen molar-refractivity contribution in [3.63, 3.8) is 0 Å². The number of aliphatic imine (C=N–C) groups is 1. The van der Waals surface area contributed by atoms with Crippen LogP contribution in [0.4, 0.5) is 0 Å². The van der Waals surface area contributed by atoms with Crippen molar-refractivity contribution in [2.45, 2.75) is 0 Å². The third-order valence-electron chi connectivity index (χ3n) is 1.76. The normalized spacial score (nSPS) is 15.6. The van der Waals surface area contributed by atoms with E-state index >= 15 is 0 Å². The summed E-state index contributed by atoms with van der Waals surface area (Å²) >= 11 is 1.55. The monoisotopic (exact) mass is 222 g/mol. The zero-order chi connectivity index (χ0) is 10.5. The van der Waals surface area contributed by atoms with Crippen LogP contribution >= 0.6 is 11.8 Å². The molecule has 0 atom stereocenters. The lowest BCUT2D eigenvalue weighted by atomic mass is 10.4. The first-order valence-electron chi connectivity index (χ1n) is 4.54. The molecule has 1 N–H and O–H groups in total. The van der Waals surface area contributed by atoms with E-state index in [0.717, 1.165) is 12.3 Å². The van der Waals surface area contributed by atoms with Gasteiger partial charge in [-0.2, -0.15) is 0 Å². The first-order chi connectivity index (χ1) is 7.34. The van der Waals surface area contributed by atoms with Crippen molar-refractivity contribution >= 4 is 28.9 Å². The van der Waals surface area contributed by atoms with E-state index in [9.17, 15) is 4.79 Å². The molecule has 0 aliphatic carbocycles. The summed E-state index contributed by atoms with van der Waals surface area (Å²) in [5.74, 6) is 1.42. The summed E-state index contributed by atoms with van der Waals surface area (Å²) in [6.45, 7) is 0.780. The average Bonchev–Trinajstić information content (AvgIpc) is 2.86. The van der Waals surface area contributed by atoms with Crippen LogP contribution in [-0.2, 0) is 4.79 Å². The molecule has 1 aliphatic heterocycles. The summed E-state index contributed by atoms with van der Waals surface area (Å²) < 4.78 is 5.05. The predicted octanol–water partition coefficient (Wildman–Crippen LogP) is 1.51. The summed E-state index contributed by atoms with van der Waals surface area (Å²) in [5.41, 5.74) is 0. The van der Waals surface area contributed by atoms with Crippen molar-refractivity contribution in [3.05, 3.63) is 30.2 Å². The number of nitrogens with zero attached hydrogens (tertiary/aromatic N) is 1. The van der Waals surface area contributed by atoms with Gasteiger partial charge in [0.25, 0.3) is 0 Å². The molecule has 2 rings (SSSR count). The number of amides is 1. The molecule has 0 fully saturated rings. The lowest BCUT2D eigenvalue weighted by molar-refractivity contribution is -0.115. The van der Waals surface area contributed by atoms with Crippen molar-refractivity contribution in [1.29, 1.82) is 0 Å². The van der Waals surface area contributed by atoms with Crippen molar-refractivity contribution in [2.24, 2.45) is 4.99 Å². The van der Waals surface area contributed by atoms with Gasteiger partial charge in [0.05, 0.1) is 12.8 Å². The molecule has 2 heterocycles. The molecule has 1 aromatic rings. The highest BCUT2D eigenvalue weighted by Crippen LogP contribution is 2.08. The third kappa shape index (κ3) is 2.99. The van der Waals surface area contributed by atoms with Gasteiger partial charge in [-0.15, -0.1) is 0 Å². The second kappa shape index (κ2) is 4.84. The number of thioether (sulfide) groups is 1. The standard InChI is InChI=1S/C10H10N2O2S/c13-9(12-10-11-5-7-15-10)4-3-8-2-1-6-14-8/h1-4,6H,5,7H2,(H,11,12,13). The molecule has 0 bridgehead atoms. The first kappa shape index (κ1) is 10.0. The Bertz CT molecular complexity index is 396. The van der Waals surface area contributed by atoms with Crippen LogP contribution in [0.15, 0.2) is 33.9 Å². The van der Waals surface area contributed by atoms with Crippen molar-refractivity contribution in [3.8, 4) is 0 Å². The Labute approximate surface area is 91.4 Å². The highest BCUT2D eigenvalue weighted by atomic mass is 32.2. The first-order valence-corrected chi connectivity index (χ1v) is 5.53. The van der Waals surface area contributed by atoms with E-state index in [2.05, 4.69) is 10.3 Å². The Morgan fingerprint density at radius 3 is 3.27 bits per heavy atom. The maximum absolute atomic E-state index is 11.4. The van der Waals surface area contributed by atoms with E-state index in [1.165, 1.54) is 6.08 Å². The van der Waals surface area contributed by atoms with Crippen molar-refractivity contribution in [2.75, 3.05) is 12.3 Å². The van der Waals surface area contributed by atoms with E-state index in [4.69, 9.17) is 4.42 Å². The zero-order valence-electron chi connectivity index (χ0n) is 7.97. The van der Waals surface area contributed by atoms with Crippen molar-refractivity contribution in [1.82, 2.24) is 5.32 Å². The molecular weight excluding hydrogens is 212 g/mol. The van der Waals surface area contributed by atoms with Crippen LogP contribution in [0.3, 0.4) is 0 Å². The smallest absolute Gasteiger partial charge is 0.250 e. The Balaban J connectivity index is 1.87. The van der Waals surface area contributed by atoms with E-state index in [1.54, 1.807) is 36.2 Å². The Hall–Kier alpha value is -1.49. The average molecular weight is 222 g/mol. The quantitative estimate of drug-likeness (QED) is 0.772. The van der Waals surface area contributed by atoms with Gasteiger partial charge >= 0.3 is 0 Å². The van der Waals surface area contributed by atoms with Crippen LogP contribution in [0.5, 0.6) is 0 Å². The Kier molecular flexibility index (Phi) is 3.24. The van der Waals surface area contributed by atoms with Gasteiger partial charge in [0.2, 0.25) is 5.91 Å². The molecule has 78 valence electrons. The molecule has 0 unspecified atom stereocenters. The lowest BCUT2D eigenvalue weighted by Crippen LogP contribution is -2.25. The van der Waals surface area contributed by atoms with Crippen molar-refractivity contribution < 1.29 is 9.21 Å². The zero-order valence-corrected chi connectivity index (χ0v) is 8.79. The maximum atomic E-state index is 11.4. The molecule has 5 heteroatoms. The number of rotatable bonds is 2. The highest BCUT2D eigenvalue weighted by Gasteiger charge is 2.08. The number of carbonyl (C=O) groups is 1. The topological polar surface area (TPSA) is 54.6 Å². The SMILES string of the molecule is O=C(C=Cc1ccco1)NC1=NCCS1. The fourth-order valence-corrected chi connectivity index (χ4v) is 1.83. The molecule has 0 saturated heterocycles. The van der Waals surface area contributed by atoms with Crippen LogP contribution in [-0.4, -0.2) is 23.4 Å². The molecule has 1 aliphatic rings. The van der Waals surface area contributed by atoms with E-state index in [0.29, 0.717) is 10.9 Å². The van der Waals surface area contributed by atoms with Gasteiger partial charge in [-0.1, -0.05) is 11.8 Å². The van der Waals surface area contributed by atoms with Gasteiger partial charge in [-0.05, 0) is 18.2 Å². The third-order valence-corrected chi connectivity index (χ3v) is 2.65. The maximum Gasteiger partial charge on any atom is 0.250 e. The minimum absolute atomic E-state index is 0.181. The van der Waals surface area contributed by atoms with Crippen LogP contribution in [0.1, 0.15) is 5.76 Å². The fraction of sp³-hybridized carbons (Fsp3) is 0.200. The summed E-state index contributed by atoms with van der Waals surface area (Å²) in [6, 6.07) is 3.56. The molecule has 0 radical (unpaired) electrons. The van der Waals surface area contributed by atoms with Gasteiger partial charge < -0.3 is 9.73 Å². The van der Waals surface area contributed by atoms with E-state index in [-0.39, 0.29) is 5.91 Å². The minimum atomic E-state index is -0.181. The summed E-state index contributed by atoms with van der Waals surface area (Å²) in [7, 11) is 0. The number of carbonyl (C=O) groups excluding carboxylic acids is 1. The minimum Gasteiger partial charge on any atom is -0.465 e. The summed E-state index contributed by atoms with van der Waals surface area (Å²) in [5, 5.41) is 3.39. The molecule has 15 heavy (non-hydrogen) atoms. The number of hydrogen-bond donors (Lipinski definition) is 1. The number of hydrogen-bond acceptors (Lipinski definition) is 4.